The first-order chi connectivity index (χ1) is 17.4. The molecule has 0 saturated heterocycles. The van der Waals surface area contributed by atoms with Crippen LogP contribution in [0.15, 0.2) is 119 Å². The van der Waals surface area contributed by atoms with Crippen LogP contribution in [-0.4, -0.2) is 27.1 Å². The Morgan fingerprint density at radius 3 is 2.11 bits per heavy atom. The van der Waals surface area contributed by atoms with E-state index in [0.717, 1.165) is 25.9 Å². The largest absolute Gasteiger partial charge is 0.489 e. The highest BCUT2D eigenvalue weighted by molar-refractivity contribution is 7.99. The number of carbonyl (C=O) groups excluding carboxylic acids is 1. The minimum atomic E-state index is -3.71. The van der Waals surface area contributed by atoms with Crippen LogP contribution in [-0.2, 0) is 21.4 Å². The van der Waals surface area contributed by atoms with E-state index in [9.17, 15) is 13.2 Å². The third-order valence-corrected chi connectivity index (χ3v) is 7.42. The highest BCUT2D eigenvalue weighted by atomic mass is 32.2. The Hall–Kier alpha value is -3.75. The maximum absolute atomic E-state index is 12.9. The molecule has 0 saturated carbocycles. The normalized spacial score (nSPS) is 11.0. The average Bonchev–Trinajstić information content (AvgIpc) is 2.88. The molecule has 0 spiro atoms. The van der Waals surface area contributed by atoms with E-state index in [1.54, 1.807) is 30.3 Å². The second kappa shape index (κ2) is 11.8. The zero-order valence-corrected chi connectivity index (χ0v) is 21.3. The van der Waals surface area contributed by atoms with Crippen molar-refractivity contribution in [3.8, 4) is 5.75 Å². The van der Waals surface area contributed by atoms with Gasteiger partial charge in [-0.3, -0.25) is 9.10 Å². The van der Waals surface area contributed by atoms with Crippen LogP contribution in [0, 0.1) is 0 Å². The molecule has 0 atom stereocenters. The average molecular weight is 519 g/mol. The second-order valence-corrected chi connectivity index (χ2v) is 11.0. The predicted octanol–water partition coefficient (Wildman–Crippen LogP) is 5.82. The molecule has 4 aromatic rings. The van der Waals surface area contributed by atoms with Crippen LogP contribution in [0.5, 0.6) is 5.75 Å². The highest BCUT2D eigenvalue weighted by Crippen LogP contribution is 2.33. The van der Waals surface area contributed by atoms with Gasteiger partial charge >= 0.3 is 0 Å². The van der Waals surface area contributed by atoms with Crippen molar-refractivity contribution in [3.63, 3.8) is 0 Å². The smallest absolute Gasteiger partial charge is 0.245 e. The molecular weight excluding hydrogens is 492 g/mol. The molecule has 1 amide bonds. The summed E-state index contributed by atoms with van der Waals surface area (Å²) in [5, 5.41) is 2.86. The van der Waals surface area contributed by atoms with Crippen molar-refractivity contribution in [1.29, 1.82) is 0 Å². The number of amides is 1. The van der Waals surface area contributed by atoms with E-state index in [1.165, 1.54) is 11.8 Å². The van der Waals surface area contributed by atoms with Crippen molar-refractivity contribution < 1.29 is 17.9 Å². The fourth-order valence-electron chi connectivity index (χ4n) is 3.44. The molecule has 0 aliphatic heterocycles. The molecular formula is C28H26N2O4S2. The van der Waals surface area contributed by atoms with Gasteiger partial charge in [-0.25, -0.2) is 8.42 Å². The number of para-hydroxylation sites is 1. The molecule has 0 aliphatic carbocycles. The molecule has 8 heteroatoms. The Labute approximate surface area is 216 Å². The Morgan fingerprint density at radius 2 is 1.44 bits per heavy atom. The van der Waals surface area contributed by atoms with Crippen molar-refractivity contribution in [2.45, 2.75) is 16.4 Å². The number of carbonyl (C=O) groups is 1. The Balaban J connectivity index is 1.44. The topological polar surface area (TPSA) is 75.7 Å². The summed E-state index contributed by atoms with van der Waals surface area (Å²) in [7, 11) is -3.71. The molecule has 36 heavy (non-hydrogen) atoms. The SMILES string of the molecule is CS(=O)(=O)N(CC(=O)Nc1ccccc1Sc1ccccc1)c1ccc(OCc2ccccc2)cc1. The number of anilines is 2. The predicted molar refractivity (Wildman–Crippen MR) is 145 cm³/mol. The minimum Gasteiger partial charge on any atom is -0.489 e. The van der Waals surface area contributed by atoms with Crippen LogP contribution in [0.2, 0.25) is 0 Å². The Morgan fingerprint density at radius 1 is 0.833 bits per heavy atom. The molecule has 0 heterocycles. The molecule has 6 nitrogen and oxygen atoms in total. The van der Waals surface area contributed by atoms with E-state index in [4.69, 9.17) is 4.74 Å². The van der Waals surface area contributed by atoms with Crippen molar-refractivity contribution in [3.05, 3.63) is 115 Å². The second-order valence-electron chi connectivity index (χ2n) is 8.00. The van der Waals surface area contributed by atoms with Gasteiger partial charge in [-0.05, 0) is 54.1 Å². The van der Waals surface area contributed by atoms with Crippen molar-refractivity contribution in [1.82, 2.24) is 0 Å². The molecule has 0 fully saturated rings. The summed E-state index contributed by atoms with van der Waals surface area (Å²) < 4.78 is 31.9. The monoisotopic (exact) mass is 518 g/mol. The number of nitrogens with zero attached hydrogens (tertiary/aromatic N) is 1. The van der Waals surface area contributed by atoms with Gasteiger partial charge in [-0.1, -0.05) is 72.4 Å². The summed E-state index contributed by atoms with van der Waals surface area (Å²) in [6.45, 7) is 0.0478. The third kappa shape index (κ3) is 7.13. The molecule has 4 rings (SSSR count). The summed E-state index contributed by atoms with van der Waals surface area (Å²) >= 11 is 1.52. The standard InChI is InChI=1S/C28H26N2O4S2/c1-36(32,33)30(23-16-18-24(19-17-23)34-21-22-10-4-2-5-11-22)20-28(31)29-26-14-8-9-15-27(26)35-25-12-6-3-7-13-25/h2-19H,20-21H2,1H3,(H,29,31). The van der Waals surface area contributed by atoms with Crippen LogP contribution in [0.3, 0.4) is 0 Å². The van der Waals surface area contributed by atoms with E-state index < -0.39 is 15.9 Å². The lowest BCUT2D eigenvalue weighted by atomic mass is 10.2. The molecule has 184 valence electrons. The van der Waals surface area contributed by atoms with Crippen LogP contribution < -0.4 is 14.4 Å². The molecule has 0 aromatic heterocycles. The van der Waals surface area contributed by atoms with Crippen LogP contribution in [0.1, 0.15) is 5.56 Å². The zero-order valence-electron chi connectivity index (χ0n) is 19.7. The van der Waals surface area contributed by atoms with Crippen LogP contribution in [0.4, 0.5) is 11.4 Å². The van der Waals surface area contributed by atoms with E-state index in [1.807, 2.05) is 78.9 Å². The molecule has 0 bridgehead atoms. The van der Waals surface area contributed by atoms with Crippen molar-refractivity contribution >= 4 is 39.1 Å². The van der Waals surface area contributed by atoms with Gasteiger partial charge < -0.3 is 10.1 Å². The number of hydrogen-bond donors (Lipinski definition) is 1. The molecule has 0 unspecified atom stereocenters. The quantitative estimate of drug-likeness (QED) is 0.286. The van der Waals surface area contributed by atoms with E-state index in [-0.39, 0.29) is 6.54 Å². The number of nitrogens with one attached hydrogen (secondary N) is 1. The molecule has 4 aromatic carbocycles. The van der Waals surface area contributed by atoms with Gasteiger partial charge in [0, 0.05) is 9.79 Å². The van der Waals surface area contributed by atoms with Gasteiger partial charge in [0.05, 0.1) is 17.6 Å². The van der Waals surface area contributed by atoms with Gasteiger partial charge in [0.1, 0.15) is 18.9 Å². The summed E-state index contributed by atoms with van der Waals surface area (Å²) in [6, 6.07) is 33.7. The van der Waals surface area contributed by atoms with Gasteiger partial charge in [-0.15, -0.1) is 0 Å². The summed E-state index contributed by atoms with van der Waals surface area (Å²) in [6.07, 6.45) is 1.08. The Bertz CT molecular complexity index is 1390. The molecule has 0 radical (unpaired) electrons. The van der Waals surface area contributed by atoms with E-state index in [0.29, 0.717) is 23.7 Å². The lowest BCUT2D eigenvalue weighted by Crippen LogP contribution is -2.37. The summed E-state index contributed by atoms with van der Waals surface area (Å²) in [4.78, 5) is 14.8. The number of rotatable bonds is 10. The van der Waals surface area contributed by atoms with Crippen LogP contribution in [0.25, 0.3) is 0 Å². The van der Waals surface area contributed by atoms with Gasteiger partial charge in [-0.2, -0.15) is 0 Å². The number of ether oxygens (including phenoxy) is 1. The maximum Gasteiger partial charge on any atom is 0.245 e. The van der Waals surface area contributed by atoms with Gasteiger partial charge in [0.15, 0.2) is 0 Å². The fraction of sp³-hybridized carbons (Fsp3) is 0.107. The van der Waals surface area contributed by atoms with Crippen molar-refractivity contribution in [2.75, 3.05) is 22.4 Å². The molecule has 0 aliphatic rings. The first-order valence-electron chi connectivity index (χ1n) is 11.2. The van der Waals surface area contributed by atoms with E-state index >= 15 is 0 Å². The number of sulfonamides is 1. The Kier molecular flexibility index (Phi) is 8.30. The number of hydrogen-bond acceptors (Lipinski definition) is 5. The molecule has 1 N–H and O–H groups in total. The minimum absolute atomic E-state index is 0.354. The maximum atomic E-state index is 12.9. The van der Waals surface area contributed by atoms with Crippen LogP contribution >= 0.6 is 11.8 Å². The zero-order chi connectivity index (χ0) is 25.4. The number of benzene rings is 4. The van der Waals surface area contributed by atoms with Gasteiger partial charge in [0.2, 0.25) is 15.9 Å². The lowest BCUT2D eigenvalue weighted by Gasteiger charge is -2.22. The highest BCUT2D eigenvalue weighted by Gasteiger charge is 2.21. The lowest BCUT2D eigenvalue weighted by molar-refractivity contribution is -0.114. The third-order valence-electron chi connectivity index (χ3n) is 5.19. The summed E-state index contributed by atoms with van der Waals surface area (Å²) in [5.41, 5.74) is 2.03. The van der Waals surface area contributed by atoms with E-state index in [2.05, 4.69) is 5.32 Å². The van der Waals surface area contributed by atoms with Gasteiger partial charge in [0.25, 0.3) is 0 Å². The van der Waals surface area contributed by atoms with Crippen molar-refractivity contribution in [2.24, 2.45) is 0 Å². The fourth-order valence-corrected chi connectivity index (χ4v) is 5.22. The summed E-state index contributed by atoms with van der Waals surface area (Å²) in [5.74, 6) is 0.165. The first-order valence-corrected chi connectivity index (χ1v) is 13.9. The first kappa shape index (κ1) is 25.3.